The molecule has 0 saturated carbocycles. The summed E-state index contributed by atoms with van der Waals surface area (Å²) < 4.78 is 39.3. The van der Waals surface area contributed by atoms with Gasteiger partial charge in [-0.2, -0.15) is 8.78 Å². The van der Waals surface area contributed by atoms with Crippen LogP contribution in [0.1, 0.15) is 11.1 Å². The lowest BCUT2D eigenvalue weighted by Gasteiger charge is -2.10. The largest absolute Gasteiger partial charge is 0.493 e. The van der Waals surface area contributed by atoms with Gasteiger partial charge in [-0.05, 0) is 42.0 Å². The number of hydrogen-bond acceptors (Lipinski definition) is 5. The van der Waals surface area contributed by atoms with Crippen LogP contribution in [0.5, 0.6) is 11.5 Å². The fourth-order valence-electron chi connectivity index (χ4n) is 2.28. The molecule has 0 unspecified atom stereocenters. The van der Waals surface area contributed by atoms with Gasteiger partial charge in [0.1, 0.15) is 0 Å². The molecule has 0 aromatic heterocycles. The van der Waals surface area contributed by atoms with Crippen LogP contribution in [-0.4, -0.2) is 25.6 Å². The number of carbonyl (C=O) groups excluding carboxylic acids is 1. The molecule has 1 aliphatic rings. The zero-order valence-electron chi connectivity index (χ0n) is 13.4. The highest BCUT2D eigenvalue weighted by Crippen LogP contribution is 2.31. The second-order valence-corrected chi connectivity index (χ2v) is 5.57. The van der Waals surface area contributed by atoms with Crippen LogP contribution in [0.25, 0.3) is 6.08 Å². The Hall–Kier alpha value is -2.93. The molecule has 134 valence electrons. The van der Waals surface area contributed by atoms with Gasteiger partial charge in [-0.3, -0.25) is 0 Å². The third kappa shape index (κ3) is 4.00. The van der Waals surface area contributed by atoms with E-state index in [1.165, 1.54) is 31.4 Å². The third-order valence-electron chi connectivity index (χ3n) is 3.40. The SMILES string of the molecule is COc1cc(/C=C2/N=C(c3cccc(Cl)c3)OC2=O)ccc1OC(F)F. The molecule has 0 fully saturated rings. The van der Waals surface area contributed by atoms with E-state index in [9.17, 15) is 13.6 Å². The van der Waals surface area contributed by atoms with E-state index in [1.807, 2.05) is 0 Å². The zero-order chi connectivity index (χ0) is 18.7. The number of rotatable bonds is 5. The standard InChI is InChI=1S/C18H12ClF2NO4/c1-24-15-8-10(5-6-14(15)25-18(20)21)7-13-17(23)26-16(22-13)11-3-2-4-12(19)9-11/h2-9,18H,1H3/b13-7+. The highest BCUT2D eigenvalue weighted by molar-refractivity contribution is 6.31. The average Bonchev–Trinajstić information content (AvgIpc) is 2.96. The van der Waals surface area contributed by atoms with Gasteiger partial charge in [-0.25, -0.2) is 9.79 Å². The summed E-state index contributed by atoms with van der Waals surface area (Å²) in [6.45, 7) is -2.97. The first-order valence-corrected chi connectivity index (χ1v) is 7.75. The maximum atomic E-state index is 12.4. The van der Waals surface area contributed by atoms with Gasteiger partial charge in [0.2, 0.25) is 5.90 Å². The minimum atomic E-state index is -2.97. The van der Waals surface area contributed by atoms with Crippen LogP contribution in [0, 0.1) is 0 Å². The Kier molecular flexibility index (Phi) is 5.18. The van der Waals surface area contributed by atoms with Gasteiger partial charge in [-0.1, -0.05) is 23.7 Å². The van der Waals surface area contributed by atoms with Crippen LogP contribution in [0.15, 0.2) is 53.2 Å². The number of ether oxygens (including phenoxy) is 3. The van der Waals surface area contributed by atoms with Crippen LogP contribution >= 0.6 is 11.6 Å². The Morgan fingerprint density at radius 1 is 1.19 bits per heavy atom. The molecular formula is C18H12ClF2NO4. The van der Waals surface area contributed by atoms with Crippen LogP contribution in [-0.2, 0) is 9.53 Å². The van der Waals surface area contributed by atoms with E-state index in [4.69, 9.17) is 21.1 Å². The zero-order valence-corrected chi connectivity index (χ0v) is 14.2. The Morgan fingerprint density at radius 3 is 2.69 bits per heavy atom. The van der Waals surface area contributed by atoms with Crippen molar-refractivity contribution < 1.29 is 27.8 Å². The van der Waals surface area contributed by atoms with Crippen molar-refractivity contribution in [2.75, 3.05) is 7.11 Å². The molecule has 0 spiro atoms. The van der Waals surface area contributed by atoms with Crippen molar-refractivity contribution in [3.63, 3.8) is 0 Å². The molecule has 0 bridgehead atoms. The molecule has 0 saturated heterocycles. The summed E-state index contributed by atoms with van der Waals surface area (Å²) in [6.07, 6.45) is 1.45. The monoisotopic (exact) mass is 379 g/mol. The molecule has 0 radical (unpaired) electrons. The third-order valence-corrected chi connectivity index (χ3v) is 3.63. The lowest BCUT2D eigenvalue weighted by atomic mass is 10.1. The summed E-state index contributed by atoms with van der Waals surface area (Å²) in [5, 5.41) is 0.484. The molecule has 1 heterocycles. The summed E-state index contributed by atoms with van der Waals surface area (Å²) in [4.78, 5) is 16.2. The molecule has 3 rings (SSSR count). The number of hydrogen-bond donors (Lipinski definition) is 0. The van der Waals surface area contributed by atoms with Gasteiger partial charge in [0.15, 0.2) is 17.2 Å². The summed E-state index contributed by atoms with van der Waals surface area (Å²) >= 11 is 5.92. The average molecular weight is 380 g/mol. The van der Waals surface area contributed by atoms with Crippen molar-refractivity contribution in [2.45, 2.75) is 6.61 Å². The van der Waals surface area contributed by atoms with Gasteiger partial charge >= 0.3 is 12.6 Å². The van der Waals surface area contributed by atoms with Crippen LogP contribution in [0.4, 0.5) is 8.78 Å². The van der Waals surface area contributed by atoms with E-state index in [0.29, 0.717) is 16.1 Å². The molecule has 2 aromatic rings. The van der Waals surface area contributed by atoms with Crippen LogP contribution in [0.2, 0.25) is 5.02 Å². The van der Waals surface area contributed by atoms with Gasteiger partial charge in [0, 0.05) is 10.6 Å². The van der Waals surface area contributed by atoms with Crippen molar-refractivity contribution in [1.82, 2.24) is 0 Å². The first kappa shape index (κ1) is 17.9. The number of aliphatic imine (C=N–C) groups is 1. The molecule has 8 heteroatoms. The number of alkyl halides is 2. The Labute approximate surface area is 152 Å². The molecule has 2 aromatic carbocycles. The maximum absolute atomic E-state index is 12.4. The highest BCUT2D eigenvalue weighted by Gasteiger charge is 2.24. The van der Waals surface area contributed by atoms with Crippen molar-refractivity contribution in [3.05, 3.63) is 64.3 Å². The maximum Gasteiger partial charge on any atom is 0.387 e. The van der Waals surface area contributed by atoms with Gasteiger partial charge < -0.3 is 14.2 Å². The minimum absolute atomic E-state index is 0.0598. The number of benzene rings is 2. The normalized spacial score (nSPS) is 15.2. The smallest absolute Gasteiger partial charge is 0.387 e. The van der Waals surface area contributed by atoms with E-state index in [0.717, 1.165) is 0 Å². The summed E-state index contributed by atoms with van der Waals surface area (Å²) in [5.74, 6) is -0.507. The first-order chi connectivity index (χ1) is 12.5. The number of nitrogens with zero attached hydrogens (tertiary/aromatic N) is 1. The van der Waals surface area contributed by atoms with Crippen molar-refractivity contribution in [3.8, 4) is 11.5 Å². The number of esters is 1. The quantitative estimate of drug-likeness (QED) is 0.574. The number of cyclic esters (lactones) is 1. The Bertz CT molecular complexity index is 912. The fraction of sp³-hybridized carbons (Fsp3) is 0.111. The second-order valence-electron chi connectivity index (χ2n) is 5.14. The van der Waals surface area contributed by atoms with Crippen molar-refractivity contribution in [2.24, 2.45) is 4.99 Å². The van der Waals surface area contributed by atoms with Crippen LogP contribution in [0.3, 0.4) is 0 Å². The first-order valence-electron chi connectivity index (χ1n) is 7.37. The molecule has 26 heavy (non-hydrogen) atoms. The molecule has 0 amide bonds. The Balaban J connectivity index is 1.90. The molecule has 0 aliphatic carbocycles. The van der Waals surface area contributed by atoms with E-state index in [-0.39, 0.29) is 23.1 Å². The van der Waals surface area contributed by atoms with Gasteiger partial charge in [0.25, 0.3) is 0 Å². The lowest BCUT2D eigenvalue weighted by Crippen LogP contribution is -2.05. The molecule has 0 atom stereocenters. The summed E-state index contributed by atoms with van der Waals surface area (Å²) in [6, 6.07) is 11.0. The minimum Gasteiger partial charge on any atom is -0.493 e. The van der Waals surface area contributed by atoms with Crippen molar-refractivity contribution in [1.29, 1.82) is 0 Å². The number of methoxy groups -OCH3 is 1. The predicted octanol–water partition coefficient (Wildman–Crippen LogP) is 4.29. The van der Waals surface area contributed by atoms with E-state index < -0.39 is 12.6 Å². The molecule has 5 nitrogen and oxygen atoms in total. The van der Waals surface area contributed by atoms with Gasteiger partial charge in [-0.15, -0.1) is 0 Å². The number of halogens is 3. The lowest BCUT2D eigenvalue weighted by molar-refractivity contribution is -0.129. The molecule has 0 N–H and O–H groups in total. The number of carbonyl (C=O) groups is 1. The predicted molar refractivity (Wildman–Crippen MR) is 91.7 cm³/mol. The van der Waals surface area contributed by atoms with E-state index in [2.05, 4.69) is 9.73 Å². The fourth-order valence-corrected chi connectivity index (χ4v) is 2.47. The summed E-state index contributed by atoms with van der Waals surface area (Å²) in [5.41, 5.74) is 1.13. The second kappa shape index (κ2) is 7.53. The Morgan fingerprint density at radius 2 is 2.00 bits per heavy atom. The molecular weight excluding hydrogens is 368 g/mol. The van der Waals surface area contributed by atoms with Crippen molar-refractivity contribution >= 4 is 29.5 Å². The molecule has 1 aliphatic heterocycles. The topological polar surface area (TPSA) is 57.1 Å². The van der Waals surface area contributed by atoms with E-state index in [1.54, 1.807) is 24.3 Å². The summed E-state index contributed by atoms with van der Waals surface area (Å²) in [7, 11) is 1.32. The highest BCUT2D eigenvalue weighted by atomic mass is 35.5. The van der Waals surface area contributed by atoms with Gasteiger partial charge in [0.05, 0.1) is 7.11 Å². The van der Waals surface area contributed by atoms with E-state index >= 15 is 0 Å². The van der Waals surface area contributed by atoms with Crippen LogP contribution < -0.4 is 9.47 Å².